The molecule has 0 bridgehead atoms. The fourth-order valence-corrected chi connectivity index (χ4v) is 3.90. The zero-order chi connectivity index (χ0) is 14.6. The summed E-state index contributed by atoms with van der Waals surface area (Å²) in [4.78, 5) is -0.158. The molecule has 0 amide bonds. The van der Waals surface area contributed by atoms with Crippen LogP contribution in [0.3, 0.4) is 0 Å². The van der Waals surface area contributed by atoms with Crippen LogP contribution in [-0.4, -0.2) is 28.7 Å². The minimum Gasteiger partial charge on any atom is -0.399 e. The molecule has 0 saturated heterocycles. The first kappa shape index (κ1) is 16.5. The topological polar surface area (TPSA) is 81.4 Å². The summed E-state index contributed by atoms with van der Waals surface area (Å²) in [6, 6.07) is 2.70. The van der Waals surface area contributed by atoms with E-state index >= 15 is 0 Å². The van der Waals surface area contributed by atoms with E-state index < -0.39 is 10.0 Å². The quantitative estimate of drug-likeness (QED) is 0.784. The molecular weight excluding hydrogens is 311 g/mol. The minimum absolute atomic E-state index is 0.00288. The van der Waals surface area contributed by atoms with E-state index in [1.54, 1.807) is 7.11 Å². The van der Waals surface area contributed by atoms with Crippen LogP contribution in [0.5, 0.6) is 0 Å². The predicted molar refractivity (Wildman–Crippen MR) is 77.1 cm³/mol. The summed E-state index contributed by atoms with van der Waals surface area (Å²) in [5.74, 6) is 0.0334. The Bertz CT molecular complexity index is 526. The molecule has 0 aromatic heterocycles. The lowest BCUT2D eigenvalue weighted by Gasteiger charge is -2.14. The number of halogens is 2. The third-order valence-electron chi connectivity index (χ3n) is 2.36. The highest BCUT2D eigenvalue weighted by Gasteiger charge is 2.22. The Kier molecular flexibility index (Phi) is 5.88. The van der Waals surface area contributed by atoms with E-state index in [2.05, 4.69) is 4.72 Å². The predicted octanol–water partition coefficient (Wildman–Crippen LogP) is 2.14. The van der Waals surface area contributed by atoms with Crippen LogP contribution in [-0.2, 0) is 14.8 Å². The average Bonchev–Trinajstić information content (AvgIpc) is 2.25. The number of nitrogens with two attached hydrogens (primary N) is 1. The molecule has 1 unspecified atom stereocenters. The maximum Gasteiger partial charge on any atom is 0.243 e. The lowest BCUT2D eigenvalue weighted by molar-refractivity contribution is 0.161. The molecule has 1 aromatic rings. The molecule has 0 spiro atoms. The molecule has 1 atom stereocenters. The SMILES string of the molecule is COCC(C)CNS(=O)(=O)c1c(Cl)cc(N)cc1Cl. The number of anilines is 1. The molecule has 0 radical (unpaired) electrons. The van der Waals surface area contributed by atoms with E-state index in [0.29, 0.717) is 12.3 Å². The van der Waals surface area contributed by atoms with Gasteiger partial charge >= 0.3 is 0 Å². The van der Waals surface area contributed by atoms with Crippen molar-refractivity contribution in [1.82, 2.24) is 4.72 Å². The van der Waals surface area contributed by atoms with E-state index in [-0.39, 0.29) is 27.4 Å². The number of nitrogens with one attached hydrogen (secondary N) is 1. The van der Waals surface area contributed by atoms with Gasteiger partial charge < -0.3 is 10.5 Å². The zero-order valence-electron chi connectivity index (χ0n) is 10.6. The van der Waals surface area contributed by atoms with Gasteiger partial charge in [0.1, 0.15) is 4.90 Å². The van der Waals surface area contributed by atoms with Crippen molar-refractivity contribution in [2.24, 2.45) is 5.92 Å². The highest BCUT2D eigenvalue weighted by atomic mass is 35.5. The number of ether oxygens (including phenoxy) is 1. The number of rotatable bonds is 6. The Balaban J connectivity index is 2.95. The van der Waals surface area contributed by atoms with Crippen LogP contribution in [0.2, 0.25) is 10.0 Å². The summed E-state index contributed by atoms with van der Waals surface area (Å²) in [7, 11) is -2.22. The lowest BCUT2D eigenvalue weighted by Crippen LogP contribution is -2.30. The van der Waals surface area contributed by atoms with Gasteiger partial charge in [-0.2, -0.15) is 0 Å². The summed E-state index contributed by atoms with van der Waals surface area (Å²) < 4.78 is 31.6. The first-order valence-corrected chi connectivity index (χ1v) is 7.75. The van der Waals surface area contributed by atoms with Crippen molar-refractivity contribution in [3.63, 3.8) is 0 Å². The lowest BCUT2D eigenvalue weighted by atomic mass is 10.2. The fraction of sp³-hybridized carbons (Fsp3) is 0.455. The summed E-state index contributed by atoms with van der Waals surface area (Å²) in [6.45, 7) is 2.54. The fourth-order valence-electron chi connectivity index (χ4n) is 1.50. The molecule has 0 aliphatic heterocycles. The van der Waals surface area contributed by atoms with Gasteiger partial charge in [-0.15, -0.1) is 0 Å². The number of methoxy groups -OCH3 is 1. The van der Waals surface area contributed by atoms with Crippen molar-refractivity contribution in [3.8, 4) is 0 Å². The normalized spacial score (nSPS) is 13.5. The third-order valence-corrected chi connectivity index (χ3v) is 4.71. The van der Waals surface area contributed by atoms with Gasteiger partial charge in [0.2, 0.25) is 10.0 Å². The second kappa shape index (κ2) is 6.76. The molecule has 8 heteroatoms. The first-order valence-electron chi connectivity index (χ1n) is 5.51. The zero-order valence-corrected chi connectivity index (χ0v) is 12.9. The monoisotopic (exact) mass is 326 g/mol. The Labute approximate surface area is 123 Å². The maximum atomic E-state index is 12.1. The number of hydrogen-bond donors (Lipinski definition) is 2. The Hall–Kier alpha value is -0.530. The van der Waals surface area contributed by atoms with E-state index in [9.17, 15) is 8.42 Å². The molecule has 19 heavy (non-hydrogen) atoms. The van der Waals surface area contributed by atoms with Crippen LogP contribution in [0.4, 0.5) is 5.69 Å². The summed E-state index contributed by atoms with van der Waals surface area (Å²) in [5.41, 5.74) is 5.84. The van der Waals surface area contributed by atoms with Crippen LogP contribution < -0.4 is 10.5 Å². The molecule has 0 aliphatic rings. The van der Waals surface area contributed by atoms with E-state index in [1.807, 2.05) is 6.92 Å². The number of hydrogen-bond acceptors (Lipinski definition) is 4. The van der Waals surface area contributed by atoms with Crippen molar-refractivity contribution in [2.45, 2.75) is 11.8 Å². The third kappa shape index (κ3) is 4.50. The molecule has 1 aromatic carbocycles. The molecule has 1 rings (SSSR count). The highest BCUT2D eigenvalue weighted by Crippen LogP contribution is 2.31. The maximum absolute atomic E-state index is 12.1. The average molecular weight is 327 g/mol. The van der Waals surface area contributed by atoms with E-state index in [4.69, 9.17) is 33.7 Å². The van der Waals surface area contributed by atoms with Crippen LogP contribution >= 0.6 is 23.2 Å². The second-order valence-electron chi connectivity index (χ2n) is 4.23. The van der Waals surface area contributed by atoms with Gasteiger partial charge in [-0.1, -0.05) is 30.1 Å². The molecule has 0 heterocycles. The smallest absolute Gasteiger partial charge is 0.243 e. The summed E-state index contributed by atoms with van der Waals surface area (Å²) >= 11 is 11.8. The van der Waals surface area contributed by atoms with Crippen LogP contribution in [0.15, 0.2) is 17.0 Å². The largest absolute Gasteiger partial charge is 0.399 e. The van der Waals surface area contributed by atoms with Gasteiger partial charge in [-0.3, -0.25) is 0 Å². The number of benzene rings is 1. The van der Waals surface area contributed by atoms with Crippen LogP contribution in [0, 0.1) is 5.92 Å². The van der Waals surface area contributed by atoms with Gasteiger partial charge in [0, 0.05) is 25.9 Å². The molecule has 0 fully saturated rings. The van der Waals surface area contributed by atoms with Crippen LogP contribution in [0.1, 0.15) is 6.92 Å². The summed E-state index contributed by atoms with van der Waals surface area (Å²) in [6.07, 6.45) is 0. The molecular formula is C11H16Cl2N2O3S. The van der Waals surface area contributed by atoms with Crippen molar-refractivity contribution in [3.05, 3.63) is 22.2 Å². The van der Waals surface area contributed by atoms with Crippen molar-refractivity contribution < 1.29 is 13.2 Å². The van der Waals surface area contributed by atoms with Gasteiger partial charge in [-0.25, -0.2) is 13.1 Å². The minimum atomic E-state index is -3.78. The number of nitrogen functional groups attached to an aromatic ring is 1. The van der Waals surface area contributed by atoms with Crippen molar-refractivity contribution in [2.75, 3.05) is 26.0 Å². The molecule has 3 N–H and O–H groups in total. The standard InChI is InChI=1S/C11H16Cl2N2O3S/c1-7(6-18-2)5-15-19(16,17)11-9(12)3-8(14)4-10(11)13/h3-4,7,15H,5-6,14H2,1-2H3. The molecule has 0 saturated carbocycles. The second-order valence-corrected chi connectivity index (χ2v) is 6.74. The van der Waals surface area contributed by atoms with Gasteiger partial charge in [0.25, 0.3) is 0 Å². The first-order chi connectivity index (χ1) is 8.77. The van der Waals surface area contributed by atoms with E-state index in [0.717, 1.165) is 0 Å². The molecule has 5 nitrogen and oxygen atoms in total. The van der Waals surface area contributed by atoms with Gasteiger partial charge in [-0.05, 0) is 18.1 Å². The van der Waals surface area contributed by atoms with Crippen molar-refractivity contribution >= 4 is 38.9 Å². The van der Waals surface area contributed by atoms with Gasteiger partial charge in [0.15, 0.2) is 0 Å². The van der Waals surface area contributed by atoms with Crippen LogP contribution in [0.25, 0.3) is 0 Å². The highest BCUT2D eigenvalue weighted by molar-refractivity contribution is 7.89. The Morgan fingerprint density at radius 2 is 1.89 bits per heavy atom. The molecule has 108 valence electrons. The van der Waals surface area contributed by atoms with E-state index in [1.165, 1.54) is 12.1 Å². The number of sulfonamides is 1. The van der Waals surface area contributed by atoms with Crippen molar-refractivity contribution in [1.29, 1.82) is 0 Å². The Morgan fingerprint density at radius 1 is 1.37 bits per heavy atom. The molecule has 0 aliphatic carbocycles. The summed E-state index contributed by atoms with van der Waals surface area (Å²) in [5, 5.41) is -0.00575. The Morgan fingerprint density at radius 3 is 2.37 bits per heavy atom. The van der Waals surface area contributed by atoms with Gasteiger partial charge in [0.05, 0.1) is 10.0 Å².